The predicted octanol–water partition coefficient (Wildman–Crippen LogP) is 1.93. The van der Waals surface area contributed by atoms with Crippen molar-refractivity contribution in [2.75, 3.05) is 20.2 Å². The third-order valence-corrected chi connectivity index (χ3v) is 3.21. The highest BCUT2D eigenvalue weighted by Gasteiger charge is 2.22. The van der Waals surface area contributed by atoms with Crippen molar-refractivity contribution >= 4 is 17.6 Å². The normalized spacial score (nSPS) is 10.0. The van der Waals surface area contributed by atoms with E-state index < -0.39 is 10.9 Å². The topological polar surface area (TPSA) is 89.8 Å². The van der Waals surface area contributed by atoms with E-state index in [4.69, 9.17) is 0 Å². The van der Waals surface area contributed by atoms with E-state index in [0.29, 0.717) is 12.1 Å². The molecule has 0 N–H and O–H groups in total. The van der Waals surface area contributed by atoms with Gasteiger partial charge in [-0.2, -0.15) is 0 Å². The molecule has 1 aromatic carbocycles. The molecule has 1 amide bonds. The summed E-state index contributed by atoms with van der Waals surface area (Å²) in [5.41, 5.74) is 0.504. The minimum Gasteiger partial charge on any atom is -0.469 e. The maximum atomic E-state index is 12.4. The molecule has 0 aromatic heterocycles. The molecule has 0 saturated carbocycles. The van der Waals surface area contributed by atoms with Crippen LogP contribution in [-0.2, 0) is 9.53 Å². The first-order valence-electron chi connectivity index (χ1n) is 6.52. The lowest BCUT2D eigenvalue weighted by atomic mass is 10.1. The first-order chi connectivity index (χ1) is 9.92. The number of carbonyl (C=O) groups excluding carboxylic acids is 2. The van der Waals surface area contributed by atoms with Gasteiger partial charge < -0.3 is 9.64 Å². The van der Waals surface area contributed by atoms with E-state index in [1.54, 1.807) is 19.9 Å². The molecule has 114 valence electrons. The Morgan fingerprint density at radius 3 is 2.57 bits per heavy atom. The lowest BCUT2D eigenvalue weighted by molar-refractivity contribution is -0.385. The average Bonchev–Trinajstić information content (AvgIpc) is 2.47. The molecule has 0 aliphatic rings. The van der Waals surface area contributed by atoms with Crippen LogP contribution in [0.4, 0.5) is 5.69 Å². The lowest BCUT2D eigenvalue weighted by Gasteiger charge is -2.21. The maximum Gasteiger partial charge on any atom is 0.307 e. The van der Waals surface area contributed by atoms with Gasteiger partial charge in [0.1, 0.15) is 0 Å². The van der Waals surface area contributed by atoms with Gasteiger partial charge in [-0.25, -0.2) is 0 Å². The largest absolute Gasteiger partial charge is 0.469 e. The summed E-state index contributed by atoms with van der Waals surface area (Å²) >= 11 is 0. The molecule has 0 fully saturated rings. The summed E-state index contributed by atoms with van der Waals surface area (Å²) in [5, 5.41) is 10.9. The van der Waals surface area contributed by atoms with Crippen LogP contribution in [0.3, 0.4) is 0 Å². The molecule has 0 unspecified atom stereocenters. The number of ether oxygens (including phenoxy) is 1. The van der Waals surface area contributed by atoms with E-state index in [1.807, 2.05) is 0 Å². The smallest absolute Gasteiger partial charge is 0.307 e. The Hall–Kier alpha value is -2.44. The molecule has 1 rings (SSSR count). The van der Waals surface area contributed by atoms with Crippen molar-refractivity contribution in [1.82, 2.24) is 4.90 Å². The molecular formula is C14H18N2O5. The third-order valence-electron chi connectivity index (χ3n) is 3.21. The van der Waals surface area contributed by atoms with Gasteiger partial charge in [-0.1, -0.05) is 6.07 Å². The van der Waals surface area contributed by atoms with Gasteiger partial charge in [-0.15, -0.1) is 0 Å². The number of esters is 1. The van der Waals surface area contributed by atoms with E-state index in [2.05, 4.69) is 4.74 Å². The van der Waals surface area contributed by atoms with Crippen LogP contribution >= 0.6 is 0 Å². The summed E-state index contributed by atoms with van der Waals surface area (Å²) in [6.07, 6.45) is 0.0874. The van der Waals surface area contributed by atoms with Crippen LogP contribution in [0.25, 0.3) is 0 Å². The molecule has 0 spiro atoms. The molecule has 0 heterocycles. The van der Waals surface area contributed by atoms with Crippen LogP contribution in [0.5, 0.6) is 0 Å². The Kier molecular flexibility index (Phi) is 5.83. The Bertz CT molecular complexity index is 556. The summed E-state index contributed by atoms with van der Waals surface area (Å²) in [4.78, 5) is 35.4. The second kappa shape index (κ2) is 7.37. The summed E-state index contributed by atoms with van der Waals surface area (Å²) < 4.78 is 4.54. The number of carbonyl (C=O) groups is 2. The zero-order chi connectivity index (χ0) is 16.0. The van der Waals surface area contributed by atoms with Gasteiger partial charge in [0, 0.05) is 30.3 Å². The van der Waals surface area contributed by atoms with E-state index in [-0.39, 0.29) is 30.1 Å². The first kappa shape index (κ1) is 16.6. The standard InChI is InChI=1S/C14H18N2O5/c1-4-15(9-8-13(17)21-3)14(18)11-6-5-7-12(10(11)2)16(19)20/h5-7H,4,8-9H2,1-3H3. The molecule has 0 aliphatic heterocycles. The summed E-state index contributed by atoms with van der Waals surface area (Å²) in [7, 11) is 1.28. The van der Waals surface area contributed by atoms with Gasteiger partial charge in [0.2, 0.25) is 0 Å². The molecular weight excluding hydrogens is 276 g/mol. The second-order valence-electron chi connectivity index (χ2n) is 4.42. The number of methoxy groups -OCH3 is 1. The van der Waals surface area contributed by atoms with E-state index >= 15 is 0 Å². The third kappa shape index (κ3) is 4.01. The Morgan fingerprint density at radius 2 is 2.05 bits per heavy atom. The monoisotopic (exact) mass is 294 g/mol. The van der Waals surface area contributed by atoms with Crippen molar-refractivity contribution in [3.05, 3.63) is 39.4 Å². The maximum absolute atomic E-state index is 12.4. The average molecular weight is 294 g/mol. The quantitative estimate of drug-likeness (QED) is 0.454. The van der Waals surface area contributed by atoms with Gasteiger partial charge in [0.05, 0.1) is 18.5 Å². The second-order valence-corrected chi connectivity index (χ2v) is 4.42. The first-order valence-corrected chi connectivity index (χ1v) is 6.52. The Labute approximate surface area is 122 Å². The SMILES string of the molecule is CCN(CCC(=O)OC)C(=O)c1cccc([N+](=O)[O-])c1C. The van der Waals surface area contributed by atoms with Crippen molar-refractivity contribution in [2.24, 2.45) is 0 Å². The summed E-state index contributed by atoms with van der Waals surface area (Å²) in [6, 6.07) is 4.38. The fourth-order valence-corrected chi connectivity index (χ4v) is 1.95. The minimum atomic E-state index is -0.517. The van der Waals surface area contributed by atoms with Crippen LogP contribution in [-0.4, -0.2) is 41.9 Å². The van der Waals surface area contributed by atoms with Gasteiger partial charge in [0.15, 0.2) is 0 Å². The fourth-order valence-electron chi connectivity index (χ4n) is 1.95. The van der Waals surface area contributed by atoms with Gasteiger partial charge in [0.25, 0.3) is 11.6 Å². The molecule has 21 heavy (non-hydrogen) atoms. The van der Waals surface area contributed by atoms with Crippen molar-refractivity contribution in [2.45, 2.75) is 20.3 Å². The van der Waals surface area contributed by atoms with Crippen LogP contribution < -0.4 is 0 Å². The number of hydrogen-bond acceptors (Lipinski definition) is 5. The van der Waals surface area contributed by atoms with Crippen molar-refractivity contribution in [1.29, 1.82) is 0 Å². The van der Waals surface area contributed by atoms with Crippen LogP contribution in [0.2, 0.25) is 0 Å². The zero-order valence-corrected chi connectivity index (χ0v) is 12.3. The van der Waals surface area contributed by atoms with Crippen LogP contribution in [0, 0.1) is 17.0 Å². The predicted molar refractivity (Wildman–Crippen MR) is 76.0 cm³/mol. The molecule has 1 aromatic rings. The molecule has 0 bridgehead atoms. The lowest BCUT2D eigenvalue weighted by Crippen LogP contribution is -2.33. The van der Waals surface area contributed by atoms with Crippen molar-refractivity contribution < 1.29 is 19.2 Å². The molecule has 0 atom stereocenters. The van der Waals surface area contributed by atoms with E-state index in [0.717, 1.165) is 0 Å². The van der Waals surface area contributed by atoms with Crippen LogP contribution in [0.15, 0.2) is 18.2 Å². The number of nitro benzene ring substituents is 1. The summed E-state index contributed by atoms with van der Waals surface area (Å²) in [6.45, 7) is 3.93. The Balaban J connectivity index is 2.98. The van der Waals surface area contributed by atoms with Gasteiger partial charge in [-0.05, 0) is 19.9 Å². The van der Waals surface area contributed by atoms with E-state index in [9.17, 15) is 19.7 Å². The van der Waals surface area contributed by atoms with Crippen LogP contribution in [0.1, 0.15) is 29.3 Å². The highest BCUT2D eigenvalue weighted by atomic mass is 16.6. The van der Waals surface area contributed by atoms with Crippen molar-refractivity contribution in [3.63, 3.8) is 0 Å². The number of rotatable bonds is 6. The fraction of sp³-hybridized carbons (Fsp3) is 0.429. The van der Waals surface area contributed by atoms with E-state index in [1.165, 1.54) is 24.1 Å². The zero-order valence-electron chi connectivity index (χ0n) is 12.3. The summed E-state index contributed by atoms with van der Waals surface area (Å²) in [5.74, 6) is -0.736. The number of amides is 1. The van der Waals surface area contributed by atoms with Crippen molar-refractivity contribution in [3.8, 4) is 0 Å². The van der Waals surface area contributed by atoms with Gasteiger partial charge in [-0.3, -0.25) is 19.7 Å². The molecule has 7 nitrogen and oxygen atoms in total. The molecule has 0 radical (unpaired) electrons. The molecule has 0 aliphatic carbocycles. The highest BCUT2D eigenvalue weighted by Crippen LogP contribution is 2.22. The van der Waals surface area contributed by atoms with Gasteiger partial charge >= 0.3 is 5.97 Å². The minimum absolute atomic E-state index is 0.0874. The number of nitrogens with zero attached hydrogens (tertiary/aromatic N) is 2. The number of hydrogen-bond donors (Lipinski definition) is 0. The number of benzene rings is 1. The number of nitro groups is 1. The Morgan fingerprint density at radius 1 is 1.38 bits per heavy atom. The highest BCUT2D eigenvalue weighted by molar-refractivity contribution is 5.96. The molecule has 0 saturated heterocycles. The molecule has 7 heteroatoms.